The second-order valence-electron chi connectivity index (χ2n) is 4.46. The van der Waals surface area contributed by atoms with Gasteiger partial charge in [-0.1, -0.05) is 18.2 Å². The zero-order chi connectivity index (χ0) is 16.7. The summed E-state index contributed by atoms with van der Waals surface area (Å²) < 4.78 is 10.3. The van der Waals surface area contributed by atoms with Gasteiger partial charge in [0.15, 0.2) is 0 Å². The molecule has 0 saturated carbocycles. The van der Waals surface area contributed by atoms with E-state index in [0.717, 1.165) is 6.07 Å². The number of para-hydroxylation sites is 1. The first kappa shape index (κ1) is 16.2. The molecule has 0 aliphatic heterocycles. The van der Waals surface area contributed by atoms with Gasteiger partial charge in [-0.25, -0.2) is 9.59 Å². The van der Waals surface area contributed by atoms with E-state index in [9.17, 15) is 14.7 Å². The summed E-state index contributed by atoms with van der Waals surface area (Å²) in [4.78, 5) is 22.3. The van der Waals surface area contributed by atoms with Crippen molar-refractivity contribution in [2.24, 2.45) is 0 Å². The Bertz CT molecular complexity index is 686. The van der Waals surface area contributed by atoms with Crippen molar-refractivity contribution in [3.63, 3.8) is 0 Å². The van der Waals surface area contributed by atoms with Gasteiger partial charge in [0.2, 0.25) is 0 Å². The minimum Gasteiger partial charge on any atom is -0.507 e. The van der Waals surface area contributed by atoms with Crippen LogP contribution in [0.15, 0.2) is 48.5 Å². The van der Waals surface area contributed by atoms with Crippen molar-refractivity contribution in [1.29, 1.82) is 0 Å². The number of carbonyl (C=O) groups is 2. The van der Waals surface area contributed by atoms with E-state index in [1.807, 2.05) is 18.2 Å². The number of aromatic carboxylic acids is 1. The van der Waals surface area contributed by atoms with Gasteiger partial charge in [0, 0.05) is 11.8 Å². The number of carboxylic acid groups (broad SMARTS) is 1. The maximum atomic E-state index is 11.6. The summed E-state index contributed by atoms with van der Waals surface area (Å²) >= 11 is 0. The maximum absolute atomic E-state index is 11.6. The fraction of sp³-hybridized carbons (Fsp3) is 0.125. The highest BCUT2D eigenvalue weighted by Crippen LogP contribution is 2.22. The molecular weight excluding hydrogens is 302 g/mol. The van der Waals surface area contributed by atoms with Crippen molar-refractivity contribution in [1.82, 2.24) is 0 Å². The van der Waals surface area contributed by atoms with E-state index in [4.69, 9.17) is 14.6 Å². The number of ether oxygens (including phenoxy) is 2. The molecule has 0 atom stereocenters. The number of amides is 1. The fourth-order valence-electron chi connectivity index (χ4n) is 1.75. The van der Waals surface area contributed by atoms with Crippen LogP contribution in [-0.2, 0) is 4.74 Å². The molecule has 120 valence electrons. The van der Waals surface area contributed by atoms with E-state index in [0.29, 0.717) is 5.75 Å². The first-order valence-electron chi connectivity index (χ1n) is 6.74. The predicted octanol–water partition coefficient (Wildman–Crippen LogP) is 2.72. The van der Waals surface area contributed by atoms with Crippen molar-refractivity contribution in [3.8, 4) is 11.5 Å². The van der Waals surface area contributed by atoms with Gasteiger partial charge in [0.05, 0.1) is 0 Å². The second-order valence-corrected chi connectivity index (χ2v) is 4.46. The predicted molar refractivity (Wildman–Crippen MR) is 82.0 cm³/mol. The van der Waals surface area contributed by atoms with Crippen molar-refractivity contribution in [3.05, 3.63) is 54.1 Å². The van der Waals surface area contributed by atoms with Gasteiger partial charge < -0.3 is 19.7 Å². The van der Waals surface area contributed by atoms with Gasteiger partial charge in [-0.05, 0) is 24.3 Å². The Balaban J connectivity index is 1.76. The summed E-state index contributed by atoms with van der Waals surface area (Å²) in [6.07, 6.45) is -0.732. The van der Waals surface area contributed by atoms with E-state index in [-0.39, 0.29) is 24.5 Å². The molecule has 0 aliphatic rings. The highest BCUT2D eigenvalue weighted by molar-refractivity contribution is 5.92. The molecule has 23 heavy (non-hydrogen) atoms. The number of carboxylic acids is 1. The number of phenols is 1. The number of hydrogen-bond acceptors (Lipinski definition) is 5. The van der Waals surface area contributed by atoms with Crippen LogP contribution in [0, 0.1) is 0 Å². The average molecular weight is 317 g/mol. The number of carbonyl (C=O) groups excluding carboxylic acids is 1. The van der Waals surface area contributed by atoms with Gasteiger partial charge in [0.1, 0.15) is 30.3 Å². The van der Waals surface area contributed by atoms with Crippen LogP contribution in [0.5, 0.6) is 11.5 Å². The average Bonchev–Trinajstić information content (AvgIpc) is 2.52. The molecule has 0 fully saturated rings. The van der Waals surface area contributed by atoms with Crippen LogP contribution in [0.25, 0.3) is 0 Å². The van der Waals surface area contributed by atoms with E-state index in [2.05, 4.69) is 5.32 Å². The SMILES string of the molecule is O=C(Nc1ccc(C(=O)O)c(O)c1)OCCOc1ccccc1. The van der Waals surface area contributed by atoms with E-state index in [1.165, 1.54) is 12.1 Å². The topological polar surface area (TPSA) is 105 Å². The quantitative estimate of drug-likeness (QED) is 0.707. The molecule has 7 heteroatoms. The largest absolute Gasteiger partial charge is 0.507 e. The van der Waals surface area contributed by atoms with Gasteiger partial charge in [-0.2, -0.15) is 0 Å². The monoisotopic (exact) mass is 317 g/mol. The molecule has 1 amide bonds. The van der Waals surface area contributed by atoms with Crippen LogP contribution in [0.2, 0.25) is 0 Å². The summed E-state index contributed by atoms with van der Waals surface area (Å²) in [5, 5.41) is 20.7. The normalized spacial score (nSPS) is 9.91. The summed E-state index contributed by atoms with van der Waals surface area (Å²) in [5.41, 5.74) is -0.0262. The molecule has 7 nitrogen and oxygen atoms in total. The number of anilines is 1. The number of benzene rings is 2. The van der Waals surface area contributed by atoms with Crippen LogP contribution in [-0.4, -0.2) is 35.5 Å². The van der Waals surface area contributed by atoms with Crippen molar-refractivity contribution < 1.29 is 29.3 Å². The van der Waals surface area contributed by atoms with Crippen LogP contribution in [0.4, 0.5) is 10.5 Å². The minimum atomic E-state index is -1.25. The van der Waals surface area contributed by atoms with Crippen LogP contribution in [0.3, 0.4) is 0 Å². The Morgan fingerprint density at radius 1 is 1.04 bits per heavy atom. The van der Waals surface area contributed by atoms with Gasteiger partial charge in [0.25, 0.3) is 0 Å². The molecule has 2 aromatic rings. The molecule has 0 aromatic heterocycles. The molecule has 2 aromatic carbocycles. The molecule has 0 aliphatic carbocycles. The molecule has 0 saturated heterocycles. The third-order valence-electron chi connectivity index (χ3n) is 2.80. The van der Waals surface area contributed by atoms with Gasteiger partial charge >= 0.3 is 12.1 Å². The number of aromatic hydroxyl groups is 1. The number of hydrogen-bond donors (Lipinski definition) is 3. The lowest BCUT2D eigenvalue weighted by molar-refractivity contribution is 0.0693. The molecule has 0 spiro atoms. The van der Waals surface area contributed by atoms with E-state index >= 15 is 0 Å². The standard InChI is InChI=1S/C16H15NO6/c18-14-10-11(6-7-13(14)15(19)20)17-16(21)23-9-8-22-12-4-2-1-3-5-12/h1-7,10,18H,8-9H2,(H,17,21)(H,19,20). The van der Waals surface area contributed by atoms with Gasteiger partial charge in [-0.3, -0.25) is 5.32 Å². The molecule has 0 bridgehead atoms. The Kier molecular flexibility index (Phi) is 5.40. The minimum absolute atomic E-state index is 0.0416. The molecule has 3 N–H and O–H groups in total. The zero-order valence-corrected chi connectivity index (χ0v) is 12.1. The lowest BCUT2D eigenvalue weighted by Gasteiger charge is -2.09. The van der Waals surface area contributed by atoms with Gasteiger partial charge in [-0.15, -0.1) is 0 Å². The lowest BCUT2D eigenvalue weighted by atomic mass is 10.2. The van der Waals surface area contributed by atoms with Crippen LogP contribution >= 0.6 is 0 Å². The Morgan fingerprint density at radius 2 is 1.78 bits per heavy atom. The maximum Gasteiger partial charge on any atom is 0.411 e. The van der Waals surface area contributed by atoms with Crippen molar-refractivity contribution in [2.75, 3.05) is 18.5 Å². The molecular formula is C16H15NO6. The first-order valence-corrected chi connectivity index (χ1v) is 6.74. The Morgan fingerprint density at radius 3 is 2.43 bits per heavy atom. The van der Waals surface area contributed by atoms with E-state index in [1.54, 1.807) is 12.1 Å². The molecule has 0 radical (unpaired) electrons. The smallest absolute Gasteiger partial charge is 0.411 e. The van der Waals surface area contributed by atoms with Crippen LogP contribution in [0.1, 0.15) is 10.4 Å². The first-order chi connectivity index (χ1) is 11.1. The Labute approximate surface area is 132 Å². The molecule has 2 rings (SSSR count). The second kappa shape index (κ2) is 7.69. The lowest BCUT2D eigenvalue weighted by Crippen LogP contribution is -2.17. The third-order valence-corrected chi connectivity index (χ3v) is 2.80. The number of nitrogens with one attached hydrogen (secondary N) is 1. The highest BCUT2D eigenvalue weighted by Gasteiger charge is 2.11. The summed E-state index contributed by atoms with van der Waals surface area (Å²) in [7, 11) is 0. The fourth-order valence-corrected chi connectivity index (χ4v) is 1.75. The molecule has 0 heterocycles. The van der Waals surface area contributed by atoms with E-state index < -0.39 is 17.8 Å². The zero-order valence-electron chi connectivity index (χ0n) is 12.1. The third kappa shape index (κ3) is 4.92. The van der Waals surface area contributed by atoms with Crippen molar-refractivity contribution in [2.45, 2.75) is 0 Å². The highest BCUT2D eigenvalue weighted by atomic mass is 16.6. The van der Waals surface area contributed by atoms with Crippen molar-refractivity contribution >= 4 is 17.7 Å². The summed E-state index contributed by atoms with van der Waals surface area (Å²) in [6.45, 7) is 0.237. The van der Waals surface area contributed by atoms with Crippen LogP contribution < -0.4 is 10.1 Å². The Hall–Kier alpha value is -3.22. The number of rotatable bonds is 6. The molecule has 0 unspecified atom stereocenters. The summed E-state index contributed by atoms with van der Waals surface area (Å²) in [6, 6.07) is 12.8. The summed E-state index contributed by atoms with van der Waals surface area (Å²) in [5.74, 6) is -1.02.